The van der Waals surface area contributed by atoms with Crippen LogP contribution >= 0.6 is 0 Å². The maximum atomic E-state index is 11.7. The van der Waals surface area contributed by atoms with Crippen molar-refractivity contribution in [3.63, 3.8) is 0 Å². The van der Waals surface area contributed by atoms with E-state index in [4.69, 9.17) is 0 Å². The van der Waals surface area contributed by atoms with Gasteiger partial charge in [-0.05, 0) is 90.3 Å². The highest BCUT2D eigenvalue weighted by Crippen LogP contribution is 2.40. The van der Waals surface area contributed by atoms with E-state index in [0.29, 0.717) is 33.9 Å². The topological polar surface area (TPSA) is 277 Å². The van der Waals surface area contributed by atoms with E-state index in [1.54, 1.807) is 36.4 Å². The molecule has 0 bridgehead atoms. The Morgan fingerprint density at radius 1 is 0.574 bits per heavy atom. The Hall–Kier alpha value is -7.35. The van der Waals surface area contributed by atoms with Gasteiger partial charge in [0.2, 0.25) is 0 Å². The first-order chi connectivity index (χ1) is 25.9. The van der Waals surface area contributed by atoms with E-state index in [2.05, 4.69) is 40.9 Å². The van der Waals surface area contributed by atoms with E-state index in [0.717, 1.165) is 12.1 Å². The molecule has 6 aromatic carbocycles. The zero-order valence-corrected chi connectivity index (χ0v) is 28.2. The average Bonchev–Trinajstić information content (AvgIpc) is 3.16. The van der Waals surface area contributed by atoms with Crippen LogP contribution in [0.3, 0.4) is 0 Å². The summed E-state index contributed by atoms with van der Waals surface area (Å²) in [4.78, 5) is 9.40. The van der Waals surface area contributed by atoms with Gasteiger partial charge in [-0.2, -0.15) is 34.0 Å². The van der Waals surface area contributed by atoms with Crippen molar-refractivity contribution in [1.29, 1.82) is 0 Å². The van der Waals surface area contributed by atoms with E-state index in [1.165, 1.54) is 54.6 Å². The third kappa shape index (κ3) is 8.57. The fourth-order valence-electron chi connectivity index (χ4n) is 4.80. The molecule has 0 amide bonds. The zero-order valence-electron chi connectivity index (χ0n) is 27.4. The summed E-state index contributed by atoms with van der Waals surface area (Å²) >= 11 is 0. The molecule has 18 nitrogen and oxygen atoms in total. The van der Waals surface area contributed by atoms with Crippen molar-refractivity contribution in [2.75, 3.05) is 0 Å². The van der Waals surface area contributed by atoms with Crippen LogP contribution in [0, 0.1) is 10.1 Å². The van der Waals surface area contributed by atoms with Gasteiger partial charge in [-0.25, -0.2) is 0 Å². The molecule has 0 saturated carbocycles. The minimum atomic E-state index is -4.83. The van der Waals surface area contributed by atoms with Crippen LogP contribution in [-0.4, -0.2) is 38.3 Å². The van der Waals surface area contributed by atoms with Crippen molar-refractivity contribution in [2.24, 2.45) is 40.9 Å². The quantitative estimate of drug-likeness (QED) is 0.0364. The number of hydrogen-bond donors (Lipinski definition) is 5. The highest BCUT2D eigenvalue weighted by atomic mass is 32.2. The van der Waals surface area contributed by atoms with Crippen LogP contribution in [0.2, 0.25) is 0 Å². The van der Waals surface area contributed by atoms with Crippen molar-refractivity contribution < 1.29 is 38.3 Å². The lowest BCUT2D eigenvalue weighted by atomic mass is 10.1. The van der Waals surface area contributed by atoms with Crippen LogP contribution in [0.15, 0.2) is 155 Å². The normalized spacial score (nSPS) is 12.2. The number of benzene rings is 6. The number of nitrogens with zero attached hydrogens (tertiary/aromatic N) is 9. The monoisotopic (exact) mass is 747 g/mol. The summed E-state index contributed by atoms with van der Waals surface area (Å²) in [5, 5.41) is 85.5. The second-order valence-corrected chi connectivity index (χ2v) is 12.6. The van der Waals surface area contributed by atoms with Crippen molar-refractivity contribution >= 4 is 72.1 Å². The summed E-state index contributed by atoms with van der Waals surface area (Å²) < 4.78 is 32.9. The SMILES string of the molecule is O=[N+]([O-])c1ccc(N=Nc2ccc(N=Nc3cc(O)c(N=Nc4ccc5cc(N=Nc6ccc(O)cc6)ccc5c4O)cc3CO)cc2)c(S(=O)(=O)O)c1. The number of fused-ring (bicyclic) bond motifs is 1. The molecule has 0 unspecified atom stereocenters. The Balaban J connectivity index is 1.15. The fraction of sp³-hybridized carbons (Fsp3) is 0.0286. The molecule has 270 valence electrons. The van der Waals surface area contributed by atoms with Gasteiger partial charge in [-0.3, -0.25) is 14.7 Å². The van der Waals surface area contributed by atoms with Crippen LogP contribution in [0.4, 0.5) is 51.2 Å². The largest absolute Gasteiger partial charge is 0.508 e. The number of phenols is 3. The summed E-state index contributed by atoms with van der Waals surface area (Å²) in [6.07, 6.45) is 0. The Morgan fingerprint density at radius 2 is 1.11 bits per heavy atom. The number of nitro groups is 1. The molecule has 0 aliphatic heterocycles. The zero-order chi connectivity index (χ0) is 38.4. The Morgan fingerprint density at radius 3 is 1.74 bits per heavy atom. The highest BCUT2D eigenvalue weighted by Gasteiger charge is 2.20. The number of non-ortho nitro benzene ring substituents is 1. The fourth-order valence-corrected chi connectivity index (χ4v) is 5.44. The van der Waals surface area contributed by atoms with Crippen LogP contribution in [0.5, 0.6) is 17.2 Å². The lowest BCUT2D eigenvalue weighted by Crippen LogP contribution is -2.00. The van der Waals surface area contributed by atoms with E-state index in [9.17, 15) is 43.5 Å². The lowest BCUT2D eigenvalue weighted by Gasteiger charge is -2.06. The highest BCUT2D eigenvalue weighted by molar-refractivity contribution is 7.86. The van der Waals surface area contributed by atoms with Gasteiger partial charge in [-0.1, -0.05) is 6.07 Å². The first-order valence-electron chi connectivity index (χ1n) is 15.4. The number of aliphatic hydroxyl groups is 1. The molecule has 0 atom stereocenters. The first-order valence-corrected chi connectivity index (χ1v) is 16.9. The minimum Gasteiger partial charge on any atom is -0.508 e. The second kappa shape index (κ2) is 15.5. The van der Waals surface area contributed by atoms with Crippen molar-refractivity contribution in [3.8, 4) is 17.2 Å². The van der Waals surface area contributed by atoms with Crippen molar-refractivity contribution in [3.05, 3.63) is 125 Å². The molecular formula is C35H25N9O9S. The predicted molar refractivity (Wildman–Crippen MR) is 194 cm³/mol. The Bertz CT molecular complexity index is 2630. The van der Waals surface area contributed by atoms with Crippen LogP contribution in [0.1, 0.15) is 5.56 Å². The molecule has 0 heterocycles. The van der Waals surface area contributed by atoms with Crippen LogP contribution in [-0.2, 0) is 16.7 Å². The number of hydrogen-bond acceptors (Lipinski definition) is 16. The average molecular weight is 748 g/mol. The van der Waals surface area contributed by atoms with Gasteiger partial charge in [0.25, 0.3) is 15.8 Å². The van der Waals surface area contributed by atoms with E-state index >= 15 is 0 Å². The maximum absolute atomic E-state index is 11.7. The minimum absolute atomic E-state index is 0.0117. The molecule has 0 fully saturated rings. The van der Waals surface area contributed by atoms with Gasteiger partial charge in [0, 0.05) is 29.1 Å². The number of phenolic OH excluding ortho intramolecular Hbond substituents is 3. The van der Waals surface area contributed by atoms with E-state index < -0.39 is 32.2 Å². The predicted octanol–water partition coefficient (Wildman–Crippen LogP) is 10.3. The molecule has 6 rings (SSSR count). The summed E-state index contributed by atoms with van der Waals surface area (Å²) in [6, 6.07) is 25.8. The van der Waals surface area contributed by atoms with E-state index in [-0.39, 0.29) is 51.2 Å². The number of aromatic hydroxyl groups is 3. The molecule has 0 aliphatic rings. The summed E-state index contributed by atoms with van der Waals surface area (Å²) in [6.45, 7) is -0.488. The van der Waals surface area contributed by atoms with Gasteiger partial charge in [0.1, 0.15) is 33.5 Å². The number of azo groups is 4. The number of aliphatic hydroxyl groups excluding tert-OH is 1. The Labute approximate surface area is 304 Å². The second-order valence-electron chi connectivity index (χ2n) is 11.2. The molecule has 0 aliphatic carbocycles. The molecule has 0 radical (unpaired) electrons. The molecule has 5 N–H and O–H groups in total. The van der Waals surface area contributed by atoms with Crippen LogP contribution in [0.25, 0.3) is 10.8 Å². The maximum Gasteiger partial charge on any atom is 0.297 e. The van der Waals surface area contributed by atoms with Gasteiger partial charge in [0.15, 0.2) is 5.75 Å². The molecule has 0 saturated heterocycles. The van der Waals surface area contributed by atoms with Crippen molar-refractivity contribution in [1.82, 2.24) is 0 Å². The molecule has 54 heavy (non-hydrogen) atoms. The molecule has 0 aromatic heterocycles. The smallest absolute Gasteiger partial charge is 0.297 e. The summed E-state index contributed by atoms with van der Waals surface area (Å²) in [7, 11) is -4.83. The third-order valence-corrected chi connectivity index (χ3v) is 8.41. The Kier molecular flexibility index (Phi) is 10.5. The van der Waals surface area contributed by atoms with Gasteiger partial charge in [-0.15, -0.1) is 15.3 Å². The first kappa shape index (κ1) is 36.4. The third-order valence-electron chi connectivity index (χ3n) is 7.52. The number of rotatable bonds is 11. The van der Waals surface area contributed by atoms with Crippen LogP contribution < -0.4 is 0 Å². The number of nitro benzene ring substituents is 1. The summed E-state index contributed by atoms with van der Waals surface area (Å²) in [5.74, 6) is -0.377. The molecule has 0 spiro atoms. The van der Waals surface area contributed by atoms with E-state index in [1.807, 2.05) is 0 Å². The van der Waals surface area contributed by atoms with Crippen molar-refractivity contribution in [2.45, 2.75) is 11.5 Å². The summed E-state index contributed by atoms with van der Waals surface area (Å²) in [5.41, 5.74) is 1.26. The van der Waals surface area contributed by atoms with Gasteiger partial charge < -0.3 is 20.4 Å². The van der Waals surface area contributed by atoms with Gasteiger partial charge in [0.05, 0.1) is 40.0 Å². The molecule has 6 aromatic rings. The lowest BCUT2D eigenvalue weighted by molar-refractivity contribution is -0.385. The molecule has 19 heteroatoms. The molecular weight excluding hydrogens is 723 g/mol. The standard InChI is InChI=1S/C35H25N9O9S/c45-19-21-16-32(43-41-30-13-1-20-15-25(8-12-28(20)35(30)48)39-36-24-6-10-27(46)11-7-24)33(47)18-31(21)42-38-23-4-2-22(3-5-23)37-40-29-14-9-26(44(49)50)17-34(29)54(51,52)53/h1-18,45-48H,19H2,(H,51,52,53). The van der Waals surface area contributed by atoms with Gasteiger partial charge >= 0.3 is 0 Å².